The summed E-state index contributed by atoms with van der Waals surface area (Å²) in [5.41, 5.74) is -0.215. The summed E-state index contributed by atoms with van der Waals surface area (Å²) in [6.07, 6.45) is 1.80. The zero-order valence-electron chi connectivity index (χ0n) is 8.36. The van der Waals surface area contributed by atoms with Crippen molar-refractivity contribution < 1.29 is 13.2 Å². The molecule has 1 fully saturated rings. The Balaban J connectivity index is 2.14. The van der Waals surface area contributed by atoms with E-state index in [-0.39, 0.29) is 11.7 Å². The van der Waals surface area contributed by atoms with E-state index in [1.807, 2.05) is 0 Å². The van der Waals surface area contributed by atoms with Crippen molar-refractivity contribution in [2.24, 2.45) is 5.92 Å². The molecule has 1 aromatic rings. The molecule has 0 aromatic heterocycles. The van der Waals surface area contributed by atoms with Gasteiger partial charge < -0.3 is 5.32 Å². The van der Waals surface area contributed by atoms with Crippen LogP contribution in [-0.4, -0.2) is 6.04 Å². The summed E-state index contributed by atoms with van der Waals surface area (Å²) in [4.78, 5) is 0. The number of anilines is 1. The first kappa shape index (κ1) is 10.3. The van der Waals surface area contributed by atoms with Gasteiger partial charge in [0.05, 0.1) is 0 Å². The molecule has 2 rings (SSSR count). The SMILES string of the molecule is CC1CC(Nc2c(F)cc(F)cc2F)C1. The first-order valence-electron chi connectivity index (χ1n) is 4.97. The molecule has 0 unspecified atom stereocenters. The van der Waals surface area contributed by atoms with Gasteiger partial charge in [0.15, 0.2) is 11.6 Å². The molecule has 0 heterocycles. The molecule has 1 aliphatic rings. The predicted molar refractivity (Wildman–Crippen MR) is 52.1 cm³/mol. The van der Waals surface area contributed by atoms with Crippen LogP contribution in [0.1, 0.15) is 19.8 Å². The fourth-order valence-corrected chi connectivity index (χ4v) is 1.90. The number of benzene rings is 1. The van der Waals surface area contributed by atoms with Crippen molar-refractivity contribution >= 4 is 5.69 Å². The molecule has 1 saturated carbocycles. The summed E-state index contributed by atoms with van der Waals surface area (Å²) < 4.78 is 39.0. The second kappa shape index (κ2) is 3.76. The van der Waals surface area contributed by atoms with E-state index in [1.54, 1.807) is 0 Å². The first-order chi connectivity index (χ1) is 7.06. The number of halogens is 3. The maximum Gasteiger partial charge on any atom is 0.152 e. The van der Waals surface area contributed by atoms with Crippen LogP contribution in [0.15, 0.2) is 12.1 Å². The summed E-state index contributed by atoms with van der Waals surface area (Å²) in [6, 6.07) is 1.48. The van der Waals surface area contributed by atoms with Crippen LogP contribution in [0, 0.1) is 23.4 Å². The Hall–Kier alpha value is -1.19. The van der Waals surface area contributed by atoms with Crippen molar-refractivity contribution in [3.63, 3.8) is 0 Å². The molecule has 1 aromatic carbocycles. The maximum absolute atomic E-state index is 13.2. The van der Waals surface area contributed by atoms with Gasteiger partial charge >= 0.3 is 0 Å². The van der Waals surface area contributed by atoms with E-state index in [0.717, 1.165) is 12.8 Å². The number of hydrogen-bond acceptors (Lipinski definition) is 1. The Morgan fingerprint density at radius 3 is 2.13 bits per heavy atom. The molecule has 1 aliphatic carbocycles. The molecule has 0 bridgehead atoms. The van der Waals surface area contributed by atoms with E-state index in [4.69, 9.17) is 0 Å². The quantitative estimate of drug-likeness (QED) is 0.798. The van der Waals surface area contributed by atoms with Gasteiger partial charge in [-0.2, -0.15) is 0 Å². The van der Waals surface area contributed by atoms with Crippen molar-refractivity contribution in [3.05, 3.63) is 29.6 Å². The number of hydrogen-bond donors (Lipinski definition) is 1. The van der Waals surface area contributed by atoms with E-state index in [1.165, 1.54) is 0 Å². The Bertz CT molecular complexity index is 349. The minimum atomic E-state index is -0.891. The molecule has 4 heteroatoms. The van der Waals surface area contributed by atoms with E-state index in [9.17, 15) is 13.2 Å². The lowest BCUT2D eigenvalue weighted by molar-refractivity contribution is 0.307. The van der Waals surface area contributed by atoms with E-state index >= 15 is 0 Å². The van der Waals surface area contributed by atoms with E-state index < -0.39 is 17.5 Å². The molecule has 0 saturated heterocycles. The second-order valence-electron chi connectivity index (χ2n) is 4.16. The van der Waals surface area contributed by atoms with Gasteiger partial charge in [-0.05, 0) is 18.8 Å². The molecule has 1 nitrogen and oxygen atoms in total. The standard InChI is InChI=1S/C11H12F3N/c1-6-2-8(3-6)15-11-9(13)4-7(12)5-10(11)14/h4-6,8,15H,2-3H2,1H3. The average Bonchev–Trinajstić information content (AvgIpc) is 2.07. The molecule has 0 atom stereocenters. The summed E-state index contributed by atoms with van der Waals surface area (Å²) in [5, 5.41) is 2.76. The Labute approximate surface area is 86.3 Å². The minimum absolute atomic E-state index is 0.106. The van der Waals surface area contributed by atoms with E-state index in [0.29, 0.717) is 18.1 Å². The third kappa shape index (κ3) is 2.08. The molecule has 0 aliphatic heterocycles. The molecule has 0 radical (unpaired) electrons. The zero-order chi connectivity index (χ0) is 11.0. The molecular weight excluding hydrogens is 203 g/mol. The smallest absolute Gasteiger partial charge is 0.152 e. The third-order valence-corrected chi connectivity index (χ3v) is 2.73. The Kier molecular flexibility index (Phi) is 2.59. The Morgan fingerprint density at radius 2 is 1.67 bits per heavy atom. The van der Waals surface area contributed by atoms with Crippen molar-refractivity contribution in [1.82, 2.24) is 0 Å². The largest absolute Gasteiger partial charge is 0.378 e. The van der Waals surface area contributed by atoms with Crippen molar-refractivity contribution in [3.8, 4) is 0 Å². The van der Waals surface area contributed by atoms with Crippen LogP contribution in [0.2, 0.25) is 0 Å². The molecule has 1 N–H and O–H groups in total. The summed E-state index contributed by atoms with van der Waals surface area (Å²) in [5.74, 6) is -2.04. The van der Waals surface area contributed by atoms with Crippen LogP contribution in [0.3, 0.4) is 0 Å². The van der Waals surface area contributed by atoms with Crippen LogP contribution in [0.5, 0.6) is 0 Å². The normalized spacial score (nSPS) is 24.8. The molecule has 0 spiro atoms. The number of rotatable bonds is 2. The fourth-order valence-electron chi connectivity index (χ4n) is 1.90. The van der Waals surface area contributed by atoms with Crippen molar-refractivity contribution in [2.45, 2.75) is 25.8 Å². The lowest BCUT2D eigenvalue weighted by Crippen LogP contribution is -2.34. The van der Waals surface area contributed by atoms with Crippen LogP contribution < -0.4 is 5.32 Å². The maximum atomic E-state index is 13.2. The van der Waals surface area contributed by atoms with Crippen LogP contribution in [-0.2, 0) is 0 Å². The Morgan fingerprint density at radius 1 is 1.13 bits per heavy atom. The highest BCUT2D eigenvalue weighted by molar-refractivity contribution is 5.47. The van der Waals surface area contributed by atoms with Gasteiger partial charge in [0, 0.05) is 18.2 Å². The zero-order valence-corrected chi connectivity index (χ0v) is 8.36. The average molecular weight is 215 g/mol. The van der Waals surface area contributed by atoms with Gasteiger partial charge in [0.25, 0.3) is 0 Å². The van der Waals surface area contributed by atoms with Crippen LogP contribution in [0.25, 0.3) is 0 Å². The van der Waals surface area contributed by atoms with Gasteiger partial charge in [-0.1, -0.05) is 6.92 Å². The molecule has 82 valence electrons. The third-order valence-electron chi connectivity index (χ3n) is 2.73. The first-order valence-corrected chi connectivity index (χ1v) is 4.97. The highest BCUT2D eigenvalue weighted by Crippen LogP contribution is 2.31. The summed E-state index contributed by atoms with van der Waals surface area (Å²) >= 11 is 0. The number of nitrogens with one attached hydrogen (secondary N) is 1. The topological polar surface area (TPSA) is 12.0 Å². The van der Waals surface area contributed by atoms with Gasteiger partial charge in [0.2, 0.25) is 0 Å². The van der Waals surface area contributed by atoms with Crippen molar-refractivity contribution in [1.29, 1.82) is 0 Å². The lowest BCUT2D eigenvalue weighted by atomic mass is 9.82. The predicted octanol–water partition coefficient (Wildman–Crippen LogP) is 3.31. The van der Waals surface area contributed by atoms with Crippen LogP contribution >= 0.6 is 0 Å². The molecular formula is C11H12F3N. The second-order valence-corrected chi connectivity index (χ2v) is 4.16. The minimum Gasteiger partial charge on any atom is -0.378 e. The van der Waals surface area contributed by atoms with Gasteiger partial charge in [-0.15, -0.1) is 0 Å². The fraction of sp³-hybridized carbons (Fsp3) is 0.455. The monoisotopic (exact) mass is 215 g/mol. The van der Waals surface area contributed by atoms with E-state index in [2.05, 4.69) is 12.2 Å². The van der Waals surface area contributed by atoms with Gasteiger partial charge in [-0.25, -0.2) is 13.2 Å². The van der Waals surface area contributed by atoms with Gasteiger partial charge in [0.1, 0.15) is 11.5 Å². The summed E-state index contributed by atoms with van der Waals surface area (Å²) in [7, 11) is 0. The highest BCUT2D eigenvalue weighted by Gasteiger charge is 2.26. The van der Waals surface area contributed by atoms with Crippen LogP contribution in [0.4, 0.5) is 18.9 Å². The summed E-state index contributed by atoms with van der Waals surface area (Å²) in [6.45, 7) is 2.08. The lowest BCUT2D eigenvalue weighted by Gasteiger charge is -2.34. The molecule has 15 heavy (non-hydrogen) atoms. The van der Waals surface area contributed by atoms with Crippen molar-refractivity contribution in [2.75, 3.05) is 5.32 Å². The van der Waals surface area contributed by atoms with Gasteiger partial charge in [-0.3, -0.25) is 0 Å². The molecule has 0 amide bonds. The highest BCUT2D eigenvalue weighted by atomic mass is 19.1.